The van der Waals surface area contributed by atoms with Crippen LogP contribution in [0.4, 0.5) is 15.9 Å². The molecule has 5 aromatic rings. The average molecular weight is 412 g/mol. The van der Waals surface area contributed by atoms with Gasteiger partial charge in [-0.1, -0.05) is 6.07 Å². The summed E-state index contributed by atoms with van der Waals surface area (Å²) in [6.45, 7) is 2.50. The fourth-order valence-corrected chi connectivity index (χ4v) is 4.25. The second kappa shape index (κ2) is 6.46. The van der Waals surface area contributed by atoms with E-state index in [9.17, 15) is 9.18 Å². The van der Waals surface area contributed by atoms with Crippen LogP contribution in [0.1, 0.15) is 11.1 Å². The molecule has 7 nitrogen and oxygen atoms in total. The Morgan fingerprint density at radius 1 is 1.03 bits per heavy atom. The molecule has 8 heteroatoms. The lowest BCUT2D eigenvalue weighted by molar-refractivity contribution is 0.617. The van der Waals surface area contributed by atoms with Gasteiger partial charge in [-0.05, 0) is 60.4 Å². The number of nitrogens with one attached hydrogen (secondary N) is 2. The van der Waals surface area contributed by atoms with Gasteiger partial charge in [-0.2, -0.15) is 0 Å². The number of nitrogens with zero attached hydrogens (tertiary/aromatic N) is 4. The van der Waals surface area contributed by atoms with E-state index in [1.165, 1.54) is 0 Å². The zero-order valence-corrected chi connectivity index (χ0v) is 16.6. The van der Waals surface area contributed by atoms with Crippen molar-refractivity contribution >= 4 is 33.6 Å². The summed E-state index contributed by atoms with van der Waals surface area (Å²) in [5.74, 6) is 0.613. The van der Waals surface area contributed by atoms with Crippen LogP contribution in [0.25, 0.3) is 33.2 Å². The number of aromatic amines is 2. The van der Waals surface area contributed by atoms with Gasteiger partial charge in [-0.3, -0.25) is 4.98 Å². The first-order valence-electron chi connectivity index (χ1n) is 9.96. The highest BCUT2D eigenvalue weighted by molar-refractivity contribution is 5.95. The fourth-order valence-electron chi connectivity index (χ4n) is 4.25. The van der Waals surface area contributed by atoms with Crippen LogP contribution in [-0.2, 0) is 6.42 Å². The SMILES string of the molecule is Cc1cc2c(cc1F)CCN2c1ncnc2ccc(-c3cnc4[nH]c(=O)[nH]c4c3)cc12. The Balaban J connectivity index is 1.51. The third kappa shape index (κ3) is 2.79. The molecule has 0 saturated heterocycles. The largest absolute Gasteiger partial charge is 0.325 e. The second-order valence-corrected chi connectivity index (χ2v) is 7.76. The molecule has 3 aromatic heterocycles. The number of imidazole rings is 1. The third-order valence-electron chi connectivity index (χ3n) is 5.83. The number of rotatable bonds is 2. The van der Waals surface area contributed by atoms with E-state index in [0.29, 0.717) is 16.7 Å². The first kappa shape index (κ1) is 17.8. The van der Waals surface area contributed by atoms with Gasteiger partial charge in [0, 0.05) is 29.4 Å². The zero-order valence-electron chi connectivity index (χ0n) is 16.6. The van der Waals surface area contributed by atoms with E-state index in [4.69, 9.17) is 0 Å². The minimum Gasteiger partial charge on any atom is -0.325 e. The predicted molar refractivity (Wildman–Crippen MR) is 117 cm³/mol. The molecule has 0 atom stereocenters. The molecule has 0 bridgehead atoms. The first-order valence-corrected chi connectivity index (χ1v) is 9.96. The quantitative estimate of drug-likeness (QED) is 0.457. The summed E-state index contributed by atoms with van der Waals surface area (Å²) in [5.41, 5.74) is 6.11. The van der Waals surface area contributed by atoms with Gasteiger partial charge in [0.15, 0.2) is 5.65 Å². The Bertz CT molecular complexity index is 1550. The maximum absolute atomic E-state index is 14.0. The van der Waals surface area contributed by atoms with E-state index in [1.54, 1.807) is 25.5 Å². The maximum Gasteiger partial charge on any atom is 0.325 e. The summed E-state index contributed by atoms with van der Waals surface area (Å²) in [4.78, 5) is 32.4. The van der Waals surface area contributed by atoms with Crippen molar-refractivity contribution in [2.45, 2.75) is 13.3 Å². The third-order valence-corrected chi connectivity index (χ3v) is 5.83. The van der Waals surface area contributed by atoms with Crippen molar-refractivity contribution in [1.82, 2.24) is 24.9 Å². The molecule has 2 N–H and O–H groups in total. The summed E-state index contributed by atoms with van der Waals surface area (Å²) in [6.07, 6.45) is 4.05. The van der Waals surface area contributed by atoms with Gasteiger partial charge in [0.1, 0.15) is 18.0 Å². The molecular weight excluding hydrogens is 395 g/mol. The Kier molecular flexibility index (Phi) is 3.70. The van der Waals surface area contributed by atoms with Crippen molar-refractivity contribution in [2.24, 2.45) is 0 Å². The van der Waals surface area contributed by atoms with Gasteiger partial charge in [0.2, 0.25) is 0 Å². The highest BCUT2D eigenvalue weighted by atomic mass is 19.1. The number of benzene rings is 2. The van der Waals surface area contributed by atoms with Crippen molar-refractivity contribution in [2.75, 3.05) is 11.4 Å². The molecule has 0 amide bonds. The molecule has 0 aliphatic carbocycles. The number of hydrogen-bond acceptors (Lipinski definition) is 5. The number of aromatic nitrogens is 5. The molecule has 0 saturated carbocycles. The van der Waals surface area contributed by atoms with E-state index in [2.05, 4.69) is 29.8 Å². The summed E-state index contributed by atoms with van der Waals surface area (Å²) < 4.78 is 14.0. The predicted octanol–water partition coefficient (Wildman–Crippen LogP) is 4.00. The summed E-state index contributed by atoms with van der Waals surface area (Å²) in [5, 5.41) is 0.900. The van der Waals surface area contributed by atoms with Gasteiger partial charge in [0.05, 0.1) is 11.0 Å². The number of anilines is 2. The number of hydrogen-bond donors (Lipinski definition) is 2. The van der Waals surface area contributed by atoms with E-state index >= 15 is 0 Å². The minimum absolute atomic E-state index is 0.180. The van der Waals surface area contributed by atoms with E-state index in [0.717, 1.165) is 52.1 Å². The van der Waals surface area contributed by atoms with E-state index in [1.807, 2.05) is 30.3 Å². The van der Waals surface area contributed by atoms with Crippen LogP contribution in [0.2, 0.25) is 0 Å². The van der Waals surface area contributed by atoms with Crippen molar-refractivity contribution in [1.29, 1.82) is 0 Å². The molecule has 2 aromatic carbocycles. The Hall–Kier alpha value is -4.07. The lowest BCUT2D eigenvalue weighted by atomic mass is 10.0. The monoisotopic (exact) mass is 412 g/mol. The number of fused-ring (bicyclic) bond motifs is 3. The average Bonchev–Trinajstić information content (AvgIpc) is 3.34. The van der Waals surface area contributed by atoms with Crippen molar-refractivity contribution in [3.63, 3.8) is 0 Å². The topological polar surface area (TPSA) is 90.6 Å². The number of halogens is 1. The lowest BCUT2D eigenvalue weighted by Crippen LogP contribution is -2.15. The highest BCUT2D eigenvalue weighted by Crippen LogP contribution is 2.38. The summed E-state index contributed by atoms with van der Waals surface area (Å²) >= 11 is 0. The normalized spacial score (nSPS) is 13.3. The van der Waals surface area contributed by atoms with Crippen molar-refractivity contribution < 1.29 is 4.39 Å². The standard InChI is InChI=1S/C23H17FN6O/c1-12-6-20-14(8-17(12)24)4-5-30(20)22-16-7-13(2-3-18(16)26-11-27-22)15-9-19-21(25-10-15)29-23(31)28-19/h2-3,6-11H,4-5H2,1H3,(H2,25,28,29,31). The van der Waals surface area contributed by atoms with Gasteiger partial charge in [-0.15, -0.1) is 0 Å². The highest BCUT2D eigenvalue weighted by Gasteiger charge is 2.24. The fraction of sp³-hybridized carbons (Fsp3) is 0.130. The van der Waals surface area contributed by atoms with Gasteiger partial charge < -0.3 is 9.88 Å². The molecule has 0 unspecified atom stereocenters. The smallest absolute Gasteiger partial charge is 0.325 e. The Labute approximate surface area is 175 Å². The van der Waals surface area contributed by atoms with Gasteiger partial charge in [0.25, 0.3) is 0 Å². The molecule has 152 valence electrons. The van der Waals surface area contributed by atoms with Crippen LogP contribution in [0.5, 0.6) is 0 Å². The van der Waals surface area contributed by atoms with Crippen LogP contribution in [0.3, 0.4) is 0 Å². The van der Waals surface area contributed by atoms with Crippen molar-refractivity contribution in [3.05, 3.63) is 76.4 Å². The Morgan fingerprint density at radius 3 is 2.84 bits per heavy atom. The van der Waals surface area contributed by atoms with E-state index in [-0.39, 0.29) is 11.5 Å². The number of pyridine rings is 1. The molecule has 1 aliphatic heterocycles. The molecule has 4 heterocycles. The van der Waals surface area contributed by atoms with Crippen molar-refractivity contribution in [3.8, 4) is 11.1 Å². The molecule has 0 radical (unpaired) electrons. The Morgan fingerprint density at radius 2 is 1.94 bits per heavy atom. The number of H-pyrrole nitrogens is 2. The van der Waals surface area contributed by atoms with Gasteiger partial charge >= 0.3 is 5.69 Å². The molecule has 6 rings (SSSR count). The van der Waals surface area contributed by atoms with E-state index < -0.39 is 0 Å². The first-order chi connectivity index (χ1) is 15.1. The molecular formula is C23H17FN6O. The van der Waals surface area contributed by atoms with Crippen LogP contribution < -0.4 is 10.6 Å². The lowest BCUT2D eigenvalue weighted by Gasteiger charge is -2.20. The van der Waals surface area contributed by atoms with Crippen LogP contribution in [-0.4, -0.2) is 31.5 Å². The molecule has 0 fully saturated rings. The second-order valence-electron chi connectivity index (χ2n) is 7.76. The minimum atomic E-state index is -0.284. The maximum atomic E-state index is 14.0. The summed E-state index contributed by atoms with van der Waals surface area (Å²) in [7, 11) is 0. The van der Waals surface area contributed by atoms with Gasteiger partial charge in [-0.25, -0.2) is 24.1 Å². The molecule has 1 aliphatic rings. The van der Waals surface area contributed by atoms with Crippen LogP contribution >= 0.6 is 0 Å². The zero-order chi connectivity index (χ0) is 21.1. The molecule has 31 heavy (non-hydrogen) atoms. The molecule has 0 spiro atoms. The van der Waals surface area contributed by atoms with Crippen LogP contribution in [0.15, 0.2) is 53.7 Å². The summed E-state index contributed by atoms with van der Waals surface area (Å²) in [6, 6.07) is 11.4. The van der Waals surface area contributed by atoms with Crippen LogP contribution in [0, 0.1) is 12.7 Å². The number of aryl methyl sites for hydroxylation is 1.